The quantitative estimate of drug-likeness (QED) is 0.717. The Morgan fingerprint density at radius 2 is 1.90 bits per heavy atom. The number of benzene rings is 1. The molecule has 1 aromatic carbocycles. The van der Waals surface area contributed by atoms with Crippen LogP contribution in [0.15, 0.2) is 22.7 Å². The molecule has 0 amide bonds. The Hall–Kier alpha value is -0.480. The van der Waals surface area contributed by atoms with Gasteiger partial charge in [0.25, 0.3) is 10.1 Å². The number of hydrogen-bond acceptors (Lipinski definition) is 5. The molecule has 0 radical (unpaired) electrons. The van der Waals surface area contributed by atoms with E-state index in [-0.39, 0.29) is 6.54 Å². The lowest BCUT2D eigenvalue weighted by atomic mass is 10.0. The van der Waals surface area contributed by atoms with E-state index in [1.54, 1.807) is 6.07 Å². The van der Waals surface area contributed by atoms with Crippen molar-refractivity contribution in [3.05, 3.63) is 33.8 Å². The first-order valence-electron chi connectivity index (χ1n) is 6.18. The number of halogens is 1. The van der Waals surface area contributed by atoms with Crippen molar-refractivity contribution in [2.24, 2.45) is 0 Å². The van der Waals surface area contributed by atoms with Crippen LogP contribution in [0.2, 0.25) is 0 Å². The van der Waals surface area contributed by atoms with Gasteiger partial charge in [0.15, 0.2) is 0 Å². The molecule has 0 bridgehead atoms. The zero-order chi connectivity index (χ0) is 15.8. The van der Waals surface area contributed by atoms with Gasteiger partial charge in [-0.1, -0.05) is 22.0 Å². The van der Waals surface area contributed by atoms with E-state index < -0.39 is 26.2 Å². The fraction of sp³-hybridized carbons (Fsp3) is 0.500. The predicted octanol–water partition coefficient (Wildman–Crippen LogP) is 1.28. The van der Waals surface area contributed by atoms with Crippen LogP contribution in [-0.4, -0.2) is 46.7 Å². The van der Waals surface area contributed by atoms with Gasteiger partial charge >= 0.3 is 0 Å². The number of nitrogens with zero attached hydrogens (tertiary/aromatic N) is 1. The zero-order valence-electron chi connectivity index (χ0n) is 11.6. The molecule has 0 saturated heterocycles. The van der Waals surface area contributed by atoms with Crippen molar-refractivity contribution in [1.82, 2.24) is 4.31 Å². The van der Waals surface area contributed by atoms with E-state index in [1.807, 2.05) is 12.1 Å². The Bertz CT molecular complexity index is 745. The largest absolute Gasteiger partial charge is 0.265 e. The second kappa shape index (κ2) is 5.96. The molecule has 0 aromatic heterocycles. The molecule has 9 heteroatoms. The smallest absolute Gasteiger partial charge is 0.261 e. The first-order valence-corrected chi connectivity index (χ1v) is 10.6. The third kappa shape index (κ3) is 4.49. The van der Waals surface area contributed by atoms with Crippen LogP contribution in [0.4, 0.5) is 0 Å². The average molecular weight is 398 g/mol. The molecule has 1 aromatic rings. The maximum atomic E-state index is 11.8. The van der Waals surface area contributed by atoms with Gasteiger partial charge in [-0.2, -0.15) is 12.7 Å². The number of hydrogen-bond donors (Lipinski definition) is 0. The summed E-state index contributed by atoms with van der Waals surface area (Å²) in [5, 5.41) is 0. The number of fused-ring (bicyclic) bond motifs is 1. The lowest BCUT2D eigenvalue weighted by Crippen LogP contribution is -2.34. The predicted molar refractivity (Wildman–Crippen MR) is 82.9 cm³/mol. The van der Waals surface area contributed by atoms with E-state index in [0.717, 1.165) is 22.5 Å². The maximum absolute atomic E-state index is 11.8. The fourth-order valence-corrected chi connectivity index (χ4v) is 4.10. The van der Waals surface area contributed by atoms with Gasteiger partial charge < -0.3 is 0 Å². The molecule has 6 nitrogen and oxygen atoms in total. The molecule has 1 atom stereocenters. The van der Waals surface area contributed by atoms with Crippen molar-refractivity contribution in [3.63, 3.8) is 0 Å². The van der Waals surface area contributed by atoms with Crippen LogP contribution in [0.25, 0.3) is 0 Å². The van der Waals surface area contributed by atoms with Crippen LogP contribution in [0.1, 0.15) is 17.2 Å². The molecular weight excluding hydrogens is 382 g/mol. The van der Waals surface area contributed by atoms with Crippen LogP contribution >= 0.6 is 15.9 Å². The Labute approximate surface area is 133 Å². The molecule has 1 aliphatic heterocycles. The van der Waals surface area contributed by atoms with Gasteiger partial charge in [0.05, 0.1) is 12.5 Å². The van der Waals surface area contributed by atoms with Gasteiger partial charge in [0.1, 0.15) is 6.10 Å². The Balaban J connectivity index is 2.47. The molecule has 1 heterocycles. The molecule has 1 unspecified atom stereocenters. The molecule has 0 N–H and O–H groups in total. The zero-order valence-corrected chi connectivity index (χ0v) is 14.8. The summed E-state index contributed by atoms with van der Waals surface area (Å²) in [6.07, 6.45) is 1.74. The summed E-state index contributed by atoms with van der Waals surface area (Å²) >= 11 is 3.34. The van der Waals surface area contributed by atoms with Crippen molar-refractivity contribution in [1.29, 1.82) is 0 Å². The summed E-state index contributed by atoms with van der Waals surface area (Å²) in [5.74, 6) is 0. The second-order valence-corrected chi connectivity index (χ2v) is 9.50. The minimum Gasteiger partial charge on any atom is -0.261 e. The Morgan fingerprint density at radius 1 is 1.24 bits per heavy atom. The van der Waals surface area contributed by atoms with E-state index in [9.17, 15) is 16.8 Å². The second-order valence-electron chi connectivity index (χ2n) is 5.00. The van der Waals surface area contributed by atoms with Crippen LogP contribution < -0.4 is 0 Å². The topological polar surface area (TPSA) is 80.8 Å². The van der Waals surface area contributed by atoms with Crippen molar-refractivity contribution in [2.45, 2.75) is 12.5 Å². The van der Waals surface area contributed by atoms with E-state index in [2.05, 4.69) is 15.9 Å². The molecule has 21 heavy (non-hydrogen) atoms. The van der Waals surface area contributed by atoms with E-state index in [0.29, 0.717) is 18.5 Å². The highest BCUT2D eigenvalue weighted by Crippen LogP contribution is 2.31. The molecule has 0 spiro atoms. The van der Waals surface area contributed by atoms with Gasteiger partial charge in [-0.15, -0.1) is 0 Å². The van der Waals surface area contributed by atoms with Gasteiger partial charge in [-0.25, -0.2) is 8.42 Å². The maximum Gasteiger partial charge on any atom is 0.265 e. The summed E-state index contributed by atoms with van der Waals surface area (Å²) in [7, 11) is -7.12. The summed E-state index contributed by atoms with van der Waals surface area (Å²) in [5.41, 5.74) is 1.58. The highest BCUT2D eigenvalue weighted by Gasteiger charge is 2.30. The van der Waals surface area contributed by atoms with Crippen molar-refractivity contribution >= 4 is 36.1 Å². The van der Waals surface area contributed by atoms with E-state index in [1.165, 1.54) is 4.31 Å². The highest BCUT2D eigenvalue weighted by molar-refractivity contribution is 9.10. The summed E-state index contributed by atoms with van der Waals surface area (Å²) in [6.45, 7) is 0.284. The monoisotopic (exact) mass is 397 g/mol. The highest BCUT2D eigenvalue weighted by atomic mass is 79.9. The van der Waals surface area contributed by atoms with Crippen LogP contribution in [0, 0.1) is 0 Å². The minimum absolute atomic E-state index is 0.0185. The van der Waals surface area contributed by atoms with Gasteiger partial charge in [0, 0.05) is 17.6 Å². The van der Waals surface area contributed by atoms with Crippen LogP contribution in [-0.2, 0) is 30.7 Å². The number of rotatable bonds is 3. The Kier molecular flexibility index (Phi) is 4.79. The average Bonchev–Trinajstić information content (AvgIpc) is 2.47. The lowest BCUT2D eigenvalue weighted by Gasteiger charge is -2.22. The summed E-state index contributed by atoms with van der Waals surface area (Å²) < 4.78 is 53.6. The normalized spacial score (nSPS) is 20.8. The van der Waals surface area contributed by atoms with E-state index in [4.69, 9.17) is 4.18 Å². The Morgan fingerprint density at radius 3 is 2.48 bits per heavy atom. The standard InChI is InChI=1S/C12H16BrNO5S2/c1-20(15,16)14-6-5-9-3-4-10(13)7-11(9)12(8-14)19-21(2,17)18/h3-4,7,12H,5-6,8H2,1-2H3. The van der Waals surface area contributed by atoms with Crippen molar-refractivity contribution in [3.8, 4) is 0 Å². The first-order chi connectivity index (χ1) is 9.56. The third-order valence-corrected chi connectivity index (χ3v) is 5.56. The lowest BCUT2D eigenvalue weighted by molar-refractivity contribution is 0.187. The summed E-state index contributed by atoms with van der Waals surface area (Å²) in [4.78, 5) is 0. The SMILES string of the molecule is CS(=O)(=O)OC1CN(S(C)(=O)=O)CCc2ccc(Br)cc21. The minimum atomic E-state index is -3.70. The third-order valence-electron chi connectivity index (χ3n) is 3.21. The van der Waals surface area contributed by atoms with Gasteiger partial charge in [-0.3, -0.25) is 4.18 Å². The van der Waals surface area contributed by atoms with Crippen molar-refractivity contribution in [2.75, 3.05) is 25.6 Å². The first kappa shape index (κ1) is 16.9. The van der Waals surface area contributed by atoms with Crippen LogP contribution in [0.5, 0.6) is 0 Å². The molecule has 2 rings (SSSR count). The van der Waals surface area contributed by atoms with Gasteiger partial charge in [0.2, 0.25) is 10.0 Å². The fourth-order valence-electron chi connectivity index (χ4n) is 2.31. The van der Waals surface area contributed by atoms with E-state index >= 15 is 0 Å². The molecule has 118 valence electrons. The molecule has 1 aliphatic rings. The van der Waals surface area contributed by atoms with Crippen molar-refractivity contribution < 1.29 is 21.0 Å². The number of sulfonamides is 1. The summed E-state index contributed by atoms with van der Waals surface area (Å²) in [6, 6.07) is 5.47. The van der Waals surface area contributed by atoms with Gasteiger partial charge in [-0.05, 0) is 29.7 Å². The molecule has 0 saturated carbocycles. The molecular formula is C12H16BrNO5S2. The molecule has 0 fully saturated rings. The molecule has 0 aliphatic carbocycles. The van der Waals surface area contributed by atoms with Crippen LogP contribution in [0.3, 0.4) is 0 Å².